The lowest BCUT2D eigenvalue weighted by Gasteiger charge is -2.40. The fraction of sp³-hybridized carbons (Fsp3) is 0.548. The number of benzene rings is 2. The lowest BCUT2D eigenvalue weighted by molar-refractivity contribution is -0.293. The second-order valence-electron chi connectivity index (χ2n) is 11.4. The van der Waals surface area contributed by atoms with Crippen molar-refractivity contribution >= 4 is 35.1 Å². The molecule has 0 spiro atoms. The molecule has 3 N–H and O–H groups in total. The molecule has 0 saturated carbocycles. The topological polar surface area (TPSA) is 141 Å². The summed E-state index contributed by atoms with van der Waals surface area (Å²) in [6.45, 7) is 6.74. The Labute approximate surface area is 261 Å². The number of carbonyl (C=O) groups is 2. The van der Waals surface area contributed by atoms with Crippen LogP contribution in [-0.2, 0) is 36.8 Å². The first-order chi connectivity index (χ1) is 20.2. The van der Waals surface area contributed by atoms with E-state index < -0.39 is 48.9 Å². The number of hydrogen-bond donors (Lipinski definition) is 3. The zero-order chi connectivity index (χ0) is 31.9. The van der Waals surface area contributed by atoms with Crippen LogP contribution < -0.4 is 4.74 Å². The van der Waals surface area contributed by atoms with Crippen LogP contribution in [0.2, 0.25) is 10.0 Å². The predicted octanol–water partition coefficient (Wildman–Crippen LogP) is 4.55. The van der Waals surface area contributed by atoms with Gasteiger partial charge >= 0.3 is 11.9 Å². The standard InChI is InChI=1S/C31H40Cl2O10/c1-17-20(29(38)42-28-26(37)25(36)22(15-34)41-30(28)39-5)14-21(32)27(24(17)33)40-16-19-11-8-10-18(13-19)9-6-7-12-23(35)43-31(2,3)4/h8,10-11,13-14,22,25-26,28,30,34,36-37H,6-7,9,12,15-16H2,1-5H3/t22-,25-,26+,28-,30+/m1/s1. The largest absolute Gasteiger partial charge is 0.486 e. The van der Waals surface area contributed by atoms with Gasteiger partial charge in [-0.1, -0.05) is 47.5 Å². The van der Waals surface area contributed by atoms with E-state index in [2.05, 4.69) is 0 Å². The minimum atomic E-state index is -1.57. The highest BCUT2D eigenvalue weighted by Gasteiger charge is 2.47. The molecule has 1 heterocycles. The third kappa shape index (κ3) is 9.52. The second kappa shape index (κ2) is 15.5. The van der Waals surface area contributed by atoms with Crippen LogP contribution in [0.3, 0.4) is 0 Å². The maximum absolute atomic E-state index is 13.1. The third-order valence-electron chi connectivity index (χ3n) is 6.83. The van der Waals surface area contributed by atoms with Gasteiger partial charge in [0.2, 0.25) is 0 Å². The first kappa shape index (κ1) is 35.0. The van der Waals surface area contributed by atoms with Crippen LogP contribution in [0.4, 0.5) is 0 Å². The maximum Gasteiger partial charge on any atom is 0.339 e. The number of unbranched alkanes of at least 4 members (excludes halogenated alkanes) is 1. The number of esters is 2. The van der Waals surface area contributed by atoms with E-state index in [0.717, 1.165) is 30.4 Å². The number of ether oxygens (including phenoxy) is 5. The summed E-state index contributed by atoms with van der Waals surface area (Å²) in [5.41, 5.74) is 1.84. The quantitative estimate of drug-likeness (QED) is 0.223. The summed E-state index contributed by atoms with van der Waals surface area (Å²) in [7, 11) is 1.28. The van der Waals surface area contributed by atoms with Crippen molar-refractivity contribution in [1.29, 1.82) is 0 Å². The summed E-state index contributed by atoms with van der Waals surface area (Å²) in [6, 6.07) is 9.20. The molecule has 1 fully saturated rings. The highest BCUT2D eigenvalue weighted by atomic mass is 35.5. The number of methoxy groups -OCH3 is 1. The van der Waals surface area contributed by atoms with Crippen molar-refractivity contribution in [3.63, 3.8) is 0 Å². The van der Waals surface area contributed by atoms with Crippen LogP contribution in [-0.4, -0.2) is 77.3 Å². The van der Waals surface area contributed by atoms with Gasteiger partial charge in [0.1, 0.15) is 30.5 Å². The van der Waals surface area contributed by atoms with E-state index in [1.165, 1.54) is 13.2 Å². The zero-order valence-corrected chi connectivity index (χ0v) is 26.5. The molecule has 3 rings (SSSR count). The number of hydrogen-bond acceptors (Lipinski definition) is 10. The van der Waals surface area contributed by atoms with Crippen molar-refractivity contribution in [2.75, 3.05) is 13.7 Å². The summed E-state index contributed by atoms with van der Waals surface area (Å²) in [5, 5.41) is 30.2. The van der Waals surface area contributed by atoms with E-state index in [-0.39, 0.29) is 33.9 Å². The summed E-state index contributed by atoms with van der Waals surface area (Å²) in [4.78, 5) is 25.0. The highest BCUT2D eigenvalue weighted by molar-refractivity contribution is 6.38. The van der Waals surface area contributed by atoms with E-state index in [1.54, 1.807) is 6.92 Å². The highest BCUT2D eigenvalue weighted by Crippen LogP contribution is 2.39. The molecule has 2 aromatic carbocycles. The predicted molar refractivity (Wildman–Crippen MR) is 159 cm³/mol. The Morgan fingerprint density at radius 1 is 1.05 bits per heavy atom. The normalized spacial score (nSPS) is 22.2. The minimum absolute atomic E-state index is 0.0246. The third-order valence-corrected chi connectivity index (χ3v) is 7.57. The summed E-state index contributed by atoms with van der Waals surface area (Å²) in [6.07, 6.45) is -4.09. The van der Waals surface area contributed by atoms with Gasteiger partial charge in [-0.05, 0) is 69.7 Å². The minimum Gasteiger partial charge on any atom is -0.486 e. The van der Waals surface area contributed by atoms with Crippen molar-refractivity contribution in [2.24, 2.45) is 0 Å². The molecule has 5 atom stereocenters. The van der Waals surface area contributed by atoms with Gasteiger partial charge in [0, 0.05) is 13.5 Å². The van der Waals surface area contributed by atoms with Crippen LogP contribution in [0.5, 0.6) is 5.75 Å². The van der Waals surface area contributed by atoms with Crippen molar-refractivity contribution in [3.05, 3.63) is 62.6 Å². The zero-order valence-electron chi connectivity index (χ0n) is 25.0. The summed E-state index contributed by atoms with van der Waals surface area (Å²) in [5.74, 6) is -0.888. The number of halogens is 2. The van der Waals surface area contributed by atoms with Gasteiger partial charge in [-0.3, -0.25) is 4.79 Å². The van der Waals surface area contributed by atoms with Gasteiger partial charge in [-0.2, -0.15) is 0 Å². The van der Waals surface area contributed by atoms with Gasteiger partial charge in [-0.15, -0.1) is 0 Å². The monoisotopic (exact) mass is 642 g/mol. The molecule has 0 radical (unpaired) electrons. The molecule has 43 heavy (non-hydrogen) atoms. The molecule has 0 bridgehead atoms. The van der Waals surface area contributed by atoms with Crippen molar-refractivity contribution in [3.8, 4) is 5.75 Å². The van der Waals surface area contributed by atoms with Crippen LogP contribution in [0, 0.1) is 6.92 Å². The molecule has 1 saturated heterocycles. The van der Waals surface area contributed by atoms with Crippen LogP contribution in [0.25, 0.3) is 0 Å². The summed E-state index contributed by atoms with van der Waals surface area (Å²) >= 11 is 13.0. The molecule has 0 amide bonds. The van der Waals surface area contributed by atoms with E-state index in [0.29, 0.717) is 12.0 Å². The molecule has 10 nitrogen and oxygen atoms in total. The molecule has 0 aromatic heterocycles. The summed E-state index contributed by atoms with van der Waals surface area (Å²) < 4.78 is 27.3. The molecule has 1 aliphatic heterocycles. The van der Waals surface area contributed by atoms with Crippen molar-refractivity contribution < 1.29 is 48.6 Å². The van der Waals surface area contributed by atoms with Gasteiger partial charge in [0.15, 0.2) is 18.1 Å². The first-order valence-electron chi connectivity index (χ1n) is 14.0. The first-order valence-corrected chi connectivity index (χ1v) is 14.8. The Balaban J connectivity index is 1.62. The molecule has 2 aromatic rings. The number of carbonyl (C=O) groups excluding carboxylic acids is 2. The van der Waals surface area contributed by atoms with Crippen molar-refractivity contribution in [2.45, 2.75) is 96.3 Å². The lowest BCUT2D eigenvalue weighted by atomic mass is 9.99. The Morgan fingerprint density at radius 3 is 2.40 bits per heavy atom. The fourth-order valence-corrected chi connectivity index (χ4v) is 5.18. The van der Waals surface area contributed by atoms with E-state index in [1.807, 2.05) is 45.0 Å². The molecule has 1 aliphatic rings. The molecule has 238 valence electrons. The molecule has 0 unspecified atom stereocenters. The Bertz CT molecular complexity index is 1260. The van der Waals surface area contributed by atoms with E-state index in [9.17, 15) is 24.9 Å². The number of aryl methyl sites for hydroxylation is 1. The van der Waals surface area contributed by atoms with E-state index in [4.69, 9.17) is 46.9 Å². The molecular weight excluding hydrogens is 603 g/mol. The lowest BCUT2D eigenvalue weighted by Crippen LogP contribution is -2.60. The maximum atomic E-state index is 13.1. The van der Waals surface area contributed by atoms with Crippen LogP contribution in [0.1, 0.15) is 67.1 Å². The van der Waals surface area contributed by atoms with Crippen molar-refractivity contribution in [1.82, 2.24) is 0 Å². The van der Waals surface area contributed by atoms with Gasteiger partial charge in [-0.25, -0.2) is 4.79 Å². The SMILES string of the molecule is CO[C@H]1O[C@H](CO)[C@@H](O)[C@H](O)[C@H]1OC(=O)c1cc(Cl)c(OCc2cccc(CCCCC(=O)OC(C)(C)C)c2)c(Cl)c1C. The average molecular weight is 644 g/mol. The van der Waals surface area contributed by atoms with Gasteiger partial charge < -0.3 is 39.0 Å². The second-order valence-corrected chi connectivity index (χ2v) is 12.2. The molecular formula is C31H40Cl2O10. The van der Waals surface area contributed by atoms with Gasteiger partial charge in [0.05, 0.1) is 22.2 Å². The number of rotatable bonds is 12. The Kier molecular flexibility index (Phi) is 12.6. The smallest absolute Gasteiger partial charge is 0.339 e. The molecule has 12 heteroatoms. The Morgan fingerprint density at radius 2 is 1.74 bits per heavy atom. The fourth-order valence-electron chi connectivity index (χ4n) is 4.62. The molecule has 0 aliphatic carbocycles. The average Bonchev–Trinajstić information content (AvgIpc) is 2.95. The van der Waals surface area contributed by atoms with E-state index >= 15 is 0 Å². The Hall–Kier alpha value is -2.44. The van der Waals surface area contributed by atoms with Crippen LogP contribution in [0.15, 0.2) is 30.3 Å². The van der Waals surface area contributed by atoms with Gasteiger partial charge in [0.25, 0.3) is 0 Å². The van der Waals surface area contributed by atoms with Crippen LogP contribution >= 0.6 is 23.2 Å². The number of aliphatic hydroxyl groups excluding tert-OH is 3. The number of aliphatic hydroxyl groups is 3.